The summed E-state index contributed by atoms with van der Waals surface area (Å²) < 4.78 is 4.94. The van der Waals surface area contributed by atoms with Crippen molar-refractivity contribution in [2.45, 2.75) is 26.7 Å². The molecule has 2 aromatic rings. The molecule has 0 aliphatic carbocycles. The van der Waals surface area contributed by atoms with Crippen LogP contribution in [0.4, 0.5) is 34.1 Å². The molecule has 6 N–H and O–H groups in total. The number of hydrogen-bond acceptors (Lipinski definition) is 10. The zero-order valence-electron chi connectivity index (χ0n) is 17.1. The van der Waals surface area contributed by atoms with Crippen molar-refractivity contribution in [3.05, 3.63) is 65.7 Å². The molecule has 0 spiro atoms. The van der Waals surface area contributed by atoms with Gasteiger partial charge in [0.1, 0.15) is 5.56 Å². The lowest BCUT2D eigenvalue weighted by Crippen LogP contribution is -2.00. The van der Waals surface area contributed by atoms with Gasteiger partial charge in [-0.3, -0.25) is 30.3 Å². The highest BCUT2D eigenvalue weighted by Gasteiger charge is 2.27. The Bertz CT molecular complexity index is 910. The number of benzene rings is 2. The molecule has 13 nitrogen and oxygen atoms in total. The average Bonchev–Trinajstić information content (AvgIpc) is 3.26. The molecule has 1 saturated heterocycles. The molecule has 0 aromatic heterocycles. The van der Waals surface area contributed by atoms with Crippen molar-refractivity contribution >= 4 is 34.1 Å². The summed E-state index contributed by atoms with van der Waals surface area (Å²) in [5, 5.41) is 31.5. The Kier molecular flexibility index (Phi) is 9.09. The molecule has 2 aromatic carbocycles. The molecule has 1 aliphatic heterocycles. The minimum absolute atomic E-state index is 0.208. The van der Waals surface area contributed by atoms with Crippen LogP contribution in [-0.2, 0) is 4.74 Å². The first-order valence-electron chi connectivity index (χ1n) is 9.02. The van der Waals surface area contributed by atoms with Gasteiger partial charge in [-0.25, -0.2) is 0 Å². The Morgan fingerprint density at radius 2 is 1.16 bits per heavy atom. The highest BCUT2D eigenvalue weighted by Crippen LogP contribution is 2.32. The van der Waals surface area contributed by atoms with Crippen molar-refractivity contribution in [3.8, 4) is 0 Å². The fraction of sp³-hybridized carbons (Fsp3) is 0.333. The van der Waals surface area contributed by atoms with Crippen LogP contribution in [0.3, 0.4) is 0 Å². The SMILES string of the molecule is C1CCOC1.Cc1c(N)cc(N)cc1N.Cc1c([N+](=O)[O-])cc([N+](=O)[O-])cc1[N+](=O)[O-]. The van der Waals surface area contributed by atoms with E-state index < -0.39 is 31.8 Å². The van der Waals surface area contributed by atoms with Gasteiger partial charge < -0.3 is 21.9 Å². The summed E-state index contributed by atoms with van der Waals surface area (Å²) in [5.41, 5.74) is 17.2. The molecule has 1 heterocycles. The van der Waals surface area contributed by atoms with E-state index in [9.17, 15) is 30.3 Å². The van der Waals surface area contributed by atoms with Crippen LogP contribution in [0.1, 0.15) is 24.0 Å². The van der Waals surface area contributed by atoms with E-state index in [0.29, 0.717) is 29.2 Å². The maximum absolute atomic E-state index is 10.5. The van der Waals surface area contributed by atoms with E-state index in [2.05, 4.69) is 0 Å². The number of rotatable bonds is 3. The Labute approximate surface area is 177 Å². The van der Waals surface area contributed by atoms with Gasteiger partial charge >= 0.3 is 0 Å². The fourth-order valence-electron chi connectivity index (χ4n) is 2.45. The van der Waals surface area contributed by atoms with E-state index in [0.717, 1.165) is 18.8 Å². The van der Waals surface area contributed by atoms with Crippen LogP contribution < -0.4 is 17.2 Å². The Morgan fingerprint density at radius 1 is 0.742 bits per heavy atom. The van der Waals surface area contributed by atoms with Crippen molar-refractivity contribution in [1.82, 2.24) is 0 Å². The number of ether oxygens (including phenoxy) is 1. The first kappa shape index (κ1) is 25.0. The van der Waals surface area contributed by atoms with Crippen LogP contribution in [0.25, 0.3) is 0 Å². The summed E-state index contributed by atoms with van der Waals surface area (Å²) in [6.45, 7) is 5.03. The van der Waals surface area contributed by atoms with Gasteiger partial charge in [0.2, 0.25) is 0 Å². The van der Waals surface area contributed by atoms with Gasteiger partial charge in [-0.2, -0.15) is 0 Å². The smallest absolute Gasteiger partial charge is 0.286 e. The number of nitrogen functional groups attached to an aromatic ring is 3. The van der Waals surface area contributed by atoms with E-state index in [1.807, 2.05) is 6.92 Å². The van der Waals surface area contributed by atoms with Crippen LogP contribution in [-0.4, -0.2) is 28.0 Å². The zero-order valence-corrected chi connectivity index (χ0v) is 17.1. The summed E-state index contributed by atoms with van der Waals surface area (Å²) in [6.07, 6.45) is 2.56. The van der Waals surface area contributed by atoms with Crippen molar-refractivity contribution in [3.63, 3.8) is 0 Å². The van der Waals surface area contributed by atoms with Gasteiger partial charge in [0.15, 0.2) is 0 Å². The van der Waals surface area contributed by atoms with Crippen LogP contribution in [0.5, 0.6) is 0 Å². The number of anilines is 3. The molecule has 0 unspecified atom stereocenters. The highest BCUT2D eigenvalue weighted by molar-refractivity contribution is 5.68. The van der Waals surface area contributed by atoms with Crippen LogP contribution in [0.15, 0.2) is 24.3 Å². The molecule has 1 fully saturated rings. The largest absolute Gasteiger partial charge is 0.399 e. The second-order valence-electron chi connectivity index (χ2n) is 6.52. The van der Waals surface area contributed by atoms with Gasteiger partial charge in [-0.05, 0) is 44.4 Å². The van der Waals surface area contributed by atoms with Crippen molar-refractivity contribution in [2.75, 3.05) is 30.4 Å². The third-order valence-corrected chi connectivity index (χ3v) is 4.28. The number of nitrogens with zero attached hydrogens (tertiary/aromatic N) is 3. The third-order valence-electron chi connectivity index (χ3n) is 4.28. The molecule has 0 atom stereocenters. The fourth-order valence-corrected chi connectivity index (χ4v) is 2.45. The summed E-state index contributed by atoms with van der Waals surface area (Å²) >= 11 is 0. The van der Waals surface area contributed by atoms with E-state index in [1.54, 1.807) is 12.1 Å². The van der Waals surface area contributed by atoms with Gasteiger partial charge in [0, 0.05) is 30.3 Å². The molecule has 0 bridgehead atoms. The molecular weight excluding hydrogens is 412 g/mol. The molecule has 3 rings (SSSR count). The molecule has 13 heteroatoms. The van der Waals surface area contributed by atoms with Gasteiger partial charge in [-0.15, -0.1) is 0 Å². The van der Waals surface area contributed by atoms with E-state index in [4.69, 9.17) is 21.9 Å². The maximum Gasteiger partial charge on any atom is 0.286 e. The predicted molar refractivity (Wildman–Crippen MR) is 116 cm³/mol. The Morgan fingerprint density at radius 3 is 1.45 bits per heavy atom. The van der Waals surface area contributed by atoms with Crippen LogP contribution >= 0.6 is 0 Å². The second kappa shape index (κ2) is 11.3. The number of nitrogens with two attached hydrogens (primary N) is 3. The monoisotopic (exact) mass is 436 g/mol. The zero-order chi connectivity index (χ0) is 23.7. The summed E-state index contributed by atoms with van der Waals surface area (Å²) in [5.74, 6) is 0. The van der Waals surface area contributed by atoms with Crippen LogP contribution in [0, 0.1) is 44.2 Å². The van der Waals surface area contributed by atoms with Crippen LogP contribution in [0.2, 0.25) is 0 Å². The van der Waals surface area contributed by atoms with Crippen molar-refractivity contribution in [2.24, 2.45) is 0 Å². The molecule has 0 saturated carbocycles. The molecule has 168 valence electrons. The summed E-state index contributed by atoms with van der Waals surface area (Å²) in [4.78, 5) is 28.8. The number of non-ortho nitro benzene ring substituents is 1. The van der Waals surface area contributed by atoms with Crippen molar-refractivity contribution in [1.29, 1.82) is 0 Å². The molecule has 1 aliphatic rings. The average molecular weight is 436 g/mol. The second-order valence-corrected chi connectivity index (χ2v) is 6.52. The first-order chi connectivity index (χ1) is 14.5. The molecular formula is C18H24N6O7. The topological polar surface area (TPSA) is 217 Å². The summed E-state index contributed by atoms with van der Waals surface area (Å²) in [7, 11) is 0. The first-order valence-corrected chi connectivity index (χ1v) is 9.02. The Hall–Kier alpha value is -4.00. The lowest BCUT2D eigenvalue weighted by molar-refractivity contribution is -0.403. The summed E-state index contributed by atoms with van der Waals surface area (Å²) in [6, 6.07) is 4.79. The molecule has 31 heavy (non-hydrogen) atoms. The van der Waals surface area contributed by atoms with Gasteiger partial charge in [-0.1, -0.05) is 0 Å². The number of nitro groups is 3. The predicted octanol–water partition coefficient (Wildman–Crippen LogP) is 3.26. The standard InChI is InChI=1S/C7H5N3O6.C7H11N3.C4H8O/c1-4-6(9(13)14)2-5(8(11)12)3-7(4)10(15)16;1-4-6(9)2-5(8)3-7(4)10;1-2-4-5-3-1/h2-3H,1H3;2-3H,8-10H2,1H3;1-4H2. The van der Waals surface area contributed by atoms with Gasteiger partial charge in [0.25, 0.3) is 17.1 Å². The number of hydrogen-bond donors (Lipinski definition) is 3. The van der Waals surface area contributed by atoms with Gasteiger partial charge in [0.05, 0.1) is 26.9 Å². The minimum atomic E-state index is -0.917. The molecule has 0 radical (unpaired) electrons. The van der Waals surface area contributed by atoms with Crippen molar-refractivity contribution < 1.29 is 19.5 Å². The quantitative estimate of drug-likeness (QED) is 0.362. The Balaban J connectivity index is 0.000000269. The highest BCUT2D eigenvalue weighted by atomic mass is 16.6. The van der Waals surface area contributed by atoms with E-state index >= 15 is 0 Å². The lowest BCUT2D eigenvalue weighted by Gasteiger charge is -2.04. The lowest BCUT2D eigenvalue weighted by atomic mass is 10.1. The van der Waals surface area contributed by atoms with E-state index in [-0.39, 0.29) is 5.56 Å². The number of nitro benzene ring substituents is 3. The maximum atomic E-state index is 10.5. The minimum Gasteiger partial charge on any atom is -0.399 e. The normalized spacial score (nSPS) is 12.1. The third kappa shape index (κ3) is 7.40. The van der Waals surface area contributed by atoms with E-state index in [1.165, 1.54) is 19.8 Å². The molecule has 0 amide bonds.